The molecule has 0 bridgehead atoms. The molecule has 0 aliphatic rings. The number of sulfone groups is 1. The monoisotopic (exact) mass is 446 g/mol. The van der Waals surface area contributed by atoms with E-state index >= 15 is 0 Å². The summed E-state index contributed by atoms with van der Waals surface area (Å²) in [6.07, 6.45) is 1.56. The predicted octanol–water partition coefficient (Wildman–Crippen LogP) is 3.97. The number of benzene rings is 2. The van der Waals surface area contributed by atoms with E-state index in [1.807, 2.05) is 30.3 Å². The average Bonchev–Trinajstić information content (AvgIpc) is 3.05. The molecule has 3 rings (SSSR count). The molecule has 6 nitrogen and oxygen atoms in total. The number of oxazole rings is 1. The molecule has 0 unspecified atom stereocenters. The molecule has 1 aromatic heterocycles. The molecule has 0 atom stereocenters. The molecule has 158 valence electrons. The van der Waals surface area contributed by atoms with E-state index in [4.69, 9.17) is 16.0 Å². The topological polar surface area (TPSA) is 89.3 Å². The number of carbonyl (C=O) groups is 1. The molecule has 0 aliphatic heterocycles. The van der Waals surface area contributed by atoms with Crippen LogP contribution in [0.5, 0.6) is 0 Å². The van der Waals surface area contributed by atoms with Gasteiger partial charge in [0.1, 0.15) is 11.5 Å². The fraction of sp³-hybridized carbons (Fsp3) is 0.273. The zero-order valence-corrected chi connectivity index (χ0v) is 18.2. The van der Waals surface area contributed by atoms with Gasteiger partial charge in [0.25, 0.3) is 0 Å². The van der Waals surface area contributed by atoms with Crippen molar-refractivity contribution in [1.29, 1.82) is 0 Å². The largest absolute Gasteiger partial charge is 0.441 e. The van der Waals surface area contributed by atoms with Crippen LogP contribution in [0.25, 0.3) is 11.5 Å². The van der Waals surface area contributed by atoms with E-state index in [1.165, 1.54) is 5.56 Å². The van der Waals surface area contributed by atoms with E-state index in [-0.39, 0.29) is 5.75 Å². The van der Waals surface area contributed by atoms with Crippen molar-refractivity contribution in [1.82, 2.24) is 10.3 Å². The van der Waals surface area contributed by atoms with Crippen molar-refractivity contribution >= 4 is 27.3 Å². The van der Waals surface area contributed by atoms with Crippen molar-refractivity contribution in [2.45, 2.75) is 25.5 Å². The van der Waals surface area contributed by atoms with Gasteiger partial charge in [-0.05, 0) is 43.5 Å². The van der Waals surface area contributed by atoms with Crippen molar-refractivity contribution < 1.29 is 17.6 Å². The first-order chi connectivity index (χ1) is 14.3. The third-order valence-corrected chi connectivity index (χ3v) is 6.13. The van der Waals surface area contributed by atoms with Crippen LogP contribution >= 0.6 is 11.6 Å². The van der Waals surface area contributed by atoms with Crippen molar-refractivity contribution in [3.8, 4) is 11.5 Å². The Balaban J connectivity index is 1.53. The van der Waals surface area contributed by atoms with E-state index in [0.717, 1.165) is 12.8 Å². The number of nitrogens with one attached hydrogen (secondary N) is 1. The number of rotatable bonds is 9. The summed E-state index contributed by atoms with van der Waals surface area (Å²) >= 11 is 5.98. The van der Waals surface area contributed by atoms with Crippen LogP contribution in [-0.2, 0) is 26.8 Å². The van der Waals surface area contributed by atoms with Gasteiger partial charge in [0, 0.05) is 17.1 Å². The highest BCUT2D eigenvalue weighted by Crippen LogP contribution is 2.25. The Morgan fingerprint density at radius 2 is 1.90 bits per heavy atom. The van der Waals surface area contributed by atoms with Crippen LogP contribution in [0.4, 0.5) is 0 Å². The third kappa shape index (κ3) is 6.43. The summed E-state index contributed by atoms with van der Waals surface area (Å²) in [6.45, 7) is 2.07. The molecule has 30 heavy (non-hydrogen) atoms. The van der Waals surface area contributed by atoms with Gasteiger partial charge in [-0.3, -0.25) is 4.79 Å². The second kappa shape index (κ2) is 9.91. The first kappa shape index (κ1) is 22.1. The number of aryl methyl sites for hydroxylation is 2. The summed E-state index contributed by atoms with van der Waals surface area (Å²) in [5.41, 5.74) is 2.13. The molecule has 0 saturated carbocycles. The van der Waals surface area contributed by atoms with Gasteiger partial charge in [0.2, 0.25) is 11.8 Å². The van der Waals surface area contributed by atoms with Crippen LogP contribution in [0.2, 0.25) is 5.02 Å². The van der Waals surface area contributed by atoms with E-state index in [0.29, 0.717) is 34.5 Å². The summed E-state index contributed by atoms with van der Waals surface area (Å²) in [7, 11) is -3.68. The van der Waals surface area contributed by atoms with Crippen LogP contribution in [-0.4, -0.2) is 31.6 Å². The van der Waals surface area contributed by atoms with Gasteiger partial charge in [-0.25, -0.2) is 13.4 Å². The Kier molecular flexibility index (Phi) is 7.29. The molecule has 0 spiro atoms. The number of aromatic nitrogens is 1. The summed E-state index contributed by atoms with van der Waals surface area (Å²) in [5, 5.41) is 3.20. The highest BCUT2D eigenvalue weighted by molar-refractivity contribution is 7.91. The number of nitrogens with zero attached hydrogens (tertiary/aromatic N) is 1. The quantitative estimate of drug-likeness (QED) is 0.502. The fourth-order valence-corrected chi connectivity index (χ4v) is 4.46. The molecule has 8 heteroatoms. The lowest BCUT2D eigenvalue weighted by atomic mass is 10.1. The molecule has 3 aromatic rings. The second-order valence-corrected chi connectivity index (χ2v) is 9.50. The Morgan fingerprint density at radius 1 is 1.13 bits per heavy atom. The number of carbonyl (C=O) groups excluding carboxylic acids is 1. The first-order valence-corrected chi connectivity index (χ1v) is 11.8. The molecular weight excluding hydrogens is 424 g/mol. The number of hydrogen-bond donors (Lipinski definition) is 1. The van der Waals surface area contributed by atoms with Gasteiger partial charge >= 0.3 is 0 Å². The van der Waals surface area contributed by atoms with Gasteiger partial charge in [0.15, 0.2) is 9.84 Å². The maximum absolute atomic E-state index is 12.5. The second-order valence-electron chi connectivity index (χ2n) is 7.00. The molecule has 2 aromatic carbocycles. The Morgan fingerprint density at radius 3 is 2.63 bits per heavy atom. The molecule has 1 N–H and O–H groups in total. The third-order valence-electron chi connectivity index (χ3n) is 4.48. The van der Waals surface area contributed by atoms with E-state index in [1.54, 1.807) is 31.2 Å². The normalized spacial score (nSPS) is 11.4. The zero-order valence-electron chi connectivity index (χ0n) is 16.6. The molecule has 0 radical (unpaired) electrons. The number of hydrogen-bond acceptors (Lipinski definition) is 5. The molecule has 0 fully saturated rings. The SMILES string of the molecule is Cc1oc(-c2cccc(Cl)c2)nc1CS(=O)(=O)CC(=O)NCCCc1ccccc1. The van der Waals surface area contributed by atoms with Crippen LogP contribution in [0, 0.1) is 6.92 Å². The maximum atomic E-state index is 12.5. The lowest BCUT2D eigenvalue weighted by Crippen LogP contribution is -2.31. The Labute approximate surface area is 181 Å². The maximum Gasteiger partial charge on any atom is 0.235 e. The minimum atomic E-state index is -3.68. The molecule has 0 saturated heterocycles. The Bertz CT molecular complexity index is 1110. The lowest BCUT2D eigenvalue weighted by molar-refractivity contribution is -0.118. The molecule has 1 amide bonds. The minimum absolute atomic E-state index is 0.293. The summed E-state index contributed by atoms with van der Waals surface area (Å²) in [4.78, 5) is 16.3. The molecule has 0 aliphatic carbocycles. The fourth-order valence-electron chi connectivity index (χ4n) is 2.98. The zero-order chi connectivity index (χ0) is 21.6. The van der Waals surface area contributed by atoms with Crippen molar-refractivity contribution in [3.05, 3.63) is 76.6 Å². The first-order valence-electron chi connectivity index (χ1n) is 9.56. The predicted molar refractivity (Wildman–Crippen MR) is 117 cm³/mol. The number of amides is 1. The van der Waals surface area contributed by atoms with Crippen LogP contribution < -0.4 is 5.32 Å². The van der Waals surface area contributed by atoms with Crippen molar-refractivity contribution in [3.63, 3.8) is 0 Å². The van der Waals surface area contributed by atoms with Crippen LogP contribution in [0.1, 0.15) is 23.4 Å². The van der Waals surface area contributed by atoms with Gasteiger partial charge in [-0.2, -0.15) is 0 Å². The lowest BCUT2D eigenvalue weighted by Gasteiger charge is -2.06. The van der Waals surface area contributed by atoms with E-state index in [9.17, 15) is 13.2 Å². The summed E-state index contributed by atoms with van der Waals surface area (Å²) < 4.78 is 30.5. The average molecular weight is 447 g/mol. The van der Waals surface area contributed by atoms with Gasteiger partial charge in [-0.1, -0.05) is 48.0 Å². The Hall–Kier alpha value is -2.64. The van der Waals surface area contributed by atoms with Crippen molar-refractivity contribution in [2.75, 3.05) is 12.3 Å². The van der Waals surface area contributed by atoms with Crippen molar-refractivity contribution in [2.24, 2.45) is 0 Å². The highest BCUT2D eigenvalue weighted by atomic mass is 35.5. The van der Waals surface area contributed by atoms with Gasteiger partial charge < -0.3 is 9.73 Å². The molecule has 1 heterocycles. The summed E-state index contributed by atoms with van der Waals surface area (Å²) in [6, 6.07) is 16.9. The molecular formula is C22H23ClN2O4S. The minimum Gasteiger partial charge on any atom is -0.441 e. The van der Waals surface area contributed by atoms with Gasteiger partial charge in [0.05, 0.1) is 11.4 Å². The van der Waals surface area contributed by atoms with E-state index < -0.39 is 21.5 Å². The van der Waals surface area contributed by atoms with Crippen LogP contribution in [0.15, 0.2) is 59.0 Å². The smallest absolute Gasteiger partial charge is 0.235 e. The van der Waals surface area contributed by atoms with E-state index in [2.05, 4.69) is 10.3 Å². The standard InChI is InChI=1S/C22H23ClN2O4S/c1-16-20(25-22(29-16)18-10-5-11-19(23)13-18)14-30(27,28)15-21(26)24-12-6-9-17-7-3-2-4-8-17/h2-5,7-8,10-11,13H,6,9,12,14-15H2,1H3,(H,24,26). The number of halogens is 1. The van der Waals surface area contributed by atoms with Gasteiger partial charge in [-0.15, -0.1) is 0 Å². The summed E-state index contributed by atoms with van der Waals surface area (Å²) in [5.74, 6) is -0.765. The van der Waals surface area contributed by atoms with Crippen LogP contribution in [0.3, 0.4) is 0 Å². The highest BCUT2D eigenvalue weighted by Gasteiger charge is 2.22.